The van der Waals surface area contributed by atoms with E-state index in [9.17, 15) is 0 Å². The fourth-order valence-corrected chi connectivity index (χ4v) is 4.28. The van der Waals surface area contributed by atoms with Crippen LogP contribution in [0.5, 0.6) is 0 Å². The topological polar surface area (TPSA) is 0 Å². The van der Waals surface area contributed by atoms with Crippen molar-refractivity contribution in [2.45, 2.75) is 91.9 Å². The SMILES string of the molecule is CCCc1cc2c(-c3cc(C(C)(C)C)cc(C(C)(C)C)c3)c(CCC)ccc2[cH-]1.[Cl][Zr][Cl]. The minimum atomic E-state index is -0.826. The van der Waals surface area contributed by atoms with Gasteiger partial charge in [-0.15, -0.1) is 34.5 Å². The first-order valence-corrected chi connectivity index (χ1v) is 18.1. The molecule has 0 bridgehead atoms. The second-order valence-corrected chi connectivity index (χ2v) is 14.6. The molecule has 0 radical (unpaired) electrons. The van der Waals surface area contributed by atoms with Gasteiger partial charge in [0.15, 0.2) is 0 Å². The summed E-state index contributed by atoms with van der Waals surface area (Å²) in [5, 5.41) is 2.83. The van der Waals surface area contributed by atoms with Crippen molar-refractivity contribution in [1.29, 1.82) is 0 Å². The quantitative estimate of drug-likeness (QED) is 0.278. The van der Waals surface area contributed by atoms with Crippen LogP contribution in [0.15, 0.2) is 42.5 Å². The number of aryl methyl sites for hydroxylation is 2. The predicted octanol–water partition coefficient (Wildman–Crippen LogP) is 10.1. The standard InChI is InChI=1S/C29H39.2ClH.Zr/c1-9-11-20-15-22-14-13-21(12-10-2)27(26(22)16-20)23-17-24(28(3,4)5)19-25(18-23)29(6,7)8;;;/h13-19H,9-12H2,1-8H3;2*1H;/q-1;;;+2/p-2. The van der Waals surface area contributed by atoms with Crippen LogP contribution in [0.25, 0.3) is 21.9 Å². The van der Waals surface area contributed by atoms with Gasteiger partial charge in [0, 0.05) is 0 Å². The zero-order valence-electron chi connectivity index (χ0n) is 21.1. The molecule has 0 amide bonds. The number of hydrogen-bond acceptors (Lipinski definition) is 0. The average molecular weight is 550 g/mol. The van der Waals surface area contributed by atoms with E-state index in [-0.39, 0.29) is 10.8 Å². The molecule has 3 aromatic carbocycles. The molecule has 0 N–H and O–H groups in total. The summed E-state index contributed by atoms with van der Waals surface area (Å²) in [6.45, 7) is 18.5. The third-order valence-electron chi connectivity index (χ3n) is 6.05. The molecular weight excluding hydrogens is 510 g/mol. The van der Waals surface area contributed by atoms with E-state index in [1.807, 2.05) is 0 Å². The summed E-state index contributed by atoms with van der Waals surface area (Å²) in [5.74, 6) is 0. The van der Waals surface area contributed by atoms with Crippen LogP contribution >= 0.6 is 17.0 Å². The third-order valence-corrected chi connectivity index (χ3v) is 6.05. The molecule has 3 heteroatoms. The molecule has 0 aromatic heterocycles. The van der Waals surface area contributed by atoms with Gasteiger partial charge in [0.2, 0.25) is 0 Å². The van der Waals surface area contributed by atoms with Gasteiger partial charge < -0.3 is 0 Å². The van der Waals surface area contributed by atoms with Crippen molar-refractivity contribution in [2.75, 3.05) is 0 Å². The summed E-state index contributed by atoms with van der Waals surface area (Å²) in [6.07, 6.45) is 4.66. The third kappa shape index (κ3) is 7.01. The maximum absolute atomic E-state index is 4.93. The fraction of sp³-hybridized carbons (Fsp3) is 0.483. The Morgan fingerprint density at radius 3 is 1.78 bits per heavy atom. The molecule has 3 rings (SSSR count). The molecule has 0 unspecified atom stereocenters. The van der Waals surface area contributed by atoms with E-state index < -0.39 is 20.8 Å². The Bertz CT molecular complexity index is 984. The summed E-state index contributed by atoms with van der Waals surface area (Å²) < 4.78 is 0. The number of hydrogen-bond donors (Lipinski definition) is 0. The molecule has 0 spiro atoms. The van der Waals surface area contributed by atoms with E-state index in [1.165, 1.54) is 57.0 Å². The van der Waals surface area contributed by atoms with Crippen molar-refractivity contribution in [3.63, 3.8) is 0 Å². The van der Waals surface area contributed by atoms with Gasteiger partial charge in [-0.3, -0.25) is 0 Å². The maximum atomic E-state index is 4.93. The molecular formula is C29H39Cl2Zr-. The molecule has 0 saturated carbocycles. The van der Waals surface area contributed by atoms with E-state index >= 15 is 0 Å². The van der Waals surface area contributed by atoms with E-state index in [1.54, 1.807) is 0 Å². The van der Waals surface area contributed by atoms with E-state index in [2.05, 4.69) is 97.9 Å². The summed E-state index contributed by atoms with van der Waals surface area (Å²) in [5.41, 5.74) is 8.94. The van der Waals surface area contributed by atoms with Gasteiger partial charge in [-0.05, 0) is 40.4 Å². The first-order chi connectivity index (χ1) is 15.0. The number of benzene rings is 2. The predicted molar refractivity (Wildman–Crippen MR) is 142 cm³/mol. The van der Waals surface area contributed by atoms with E-state index in [4.69, 9.17) is 17.0 Å². The van der Waals surface area contributed by atoms with Crippen LogP contribution in [0, 0.1) is 0 Å². The van der Waals surface area contributed by atoms with Gasteiger partial charge in [-0.1, -0.05) is 97.6 Å². The van der Waals surface area contributed by atoms with Crippen LogP contribution in [0.3, 0.4) is 0 Å². The van der Waals surface area contributed by atoms with Gasteiger partial charge in [-0.25, -0.2) is 0 Å². The van der Waals surface area contributed by atoms with Gasteiger partial charge >= 0.3 is 37.9 Å². The summed E-state index contributed by atoms with van der Waals surface area (Å²) >= 11 is -0.826. The molecule has 0 nitrogen and oxygen atoms in total. The number of halogens is 2. The van der Waals surface area contributed by atoms with Crippen molar-refractivity contribution in [3.8, 4) is 11.1 Å². The van der Waals surface area contributed by atoms with Crippen LogP contribution in [-0.2, 0) is 44.5 Å². The molecule has 3 aromatic rings. The van der Waals surface area contributed by atoms with Crippen LogP contribution in [0.1, 0.15) is 90.5 Å². The molecule has 0 aliphatic rings. The molecule has 0 aliphatic carbocycles. The Morgan fingerprint density at radius 2 is 1.31 bits per heavy atom. The van der Waals surface area contributed by atoms with Crippen LogP contribution in [0.2, 0.25) is 0 Å². The van der Waals surface area contributed by atoms with Gasteiger partial charge in [0.25, 0.3) is 0 Å². The molecule has 0 heterocycles. The molecule has 32 heavy (non-hydrogen) atoms. The Hall–Kier alpha value is -0.487. The number of rotatable bonds is 5. The summed E-state index contributed by atoms with van der Waals surface area (Å²) in [4.78, 5) is 0. The molecule has 0 fully saturated rings. The van der Waals surface area contributed by atoms with E-state index in [0.29, 0.717) is 0 Å². The fourth-order valence-electron chi connectivity index (χ4n) is 4.28. The Kier molecular flexibility index (Phi) is 10.2. The number of fused-ring (bicyclic) bond motifs is 1. The van der Waals surface area contributed by atoms with Gasteiger partial charge in [0.05, 0.1) is 0 Å². The Morgan fingerprint density at radius 1 is 0.781 bits per heavy atom. The first kappa shape index (κ1) is 27.8. The van der Waals surface area contributed by atoms with Gasteiger partial charge in [-0.2, -0.15) is 6.07 Å². The van der Waals surface area contributed by atoms with Crippen molar-refractivity contribution in [2.24, 2.45) is 0 Å². The Labute approximate surface area is 215 Å². The normalized spacial score (nSPS) is 11.9. The van der Waals surface area contributed by atoms with Crippen LogP contribution in [0.4, 0.5) is 0 Å². The summed E-state index contributed by atoms with van der Waals surface area (Å²) in [7, 11) is 9.87. The van der Waals surface area contributed by atoms with Crippen molar-refractivity contribution in [3.05, 3.63) is 64.7 Å². The second kappa shape index (κ2) is 11.8. The average Bonchev–Trinajstić information content (AvgIpc) is 3.10. The Balaban J connectivity index is 0.00000114. The van der Waals surface area contributed by atoms with Crippen LogP contribution < -0.4 is 0 Å². The zero-order valence-corrected chi connectivity index (χ0v) is 25.1. The van der Waals surface area contributed by atoms with E-state index in [0.717, 1.165) is 12.8 Å². The van der Waals surface area contributed by atoms with Crippen LogP contribution in [-0.4, -0.2) is 0 Å². The zero-order chi connectivity index (χ0) is 24.1. The van der Waals surface area contributed by atoms with Gasteiger partial charge in [0.1, 0.15) is 0 Å². The second-order valence-electron chi connectivity index (χ2n) is 10.8. The van der Waals surface area contributed by atoms with Crippen molar-refractivity contribution in [1.82, 2.24) is 0 Å². The molecule has 0 aliphatic heterocycles. The van der Waals surface area contributed by atoms with Crippen molar-refractivity contribution < 1.29 is 20.8 Å². The van der Waals surface area contributed by atoms with Crippen molar-refractivity contribution >= 4 is 27.8 Å². The molecule has 0 saturated heterocycles. The molecule has 0 atom stereocenters. The first-order valence-electron chi connectivity index (χ1n) is 11.8. The summed E-state index contributed by atoms with van der Waals surface area (Å²) in [6, 6.07) is 16.9. The minimum absolute atomic E-state index is 0.133. The monoisotopic (exact) mass is 547 g/mol. The molecule has 174 valence electrons.